The minimum atomic E-state index is -0.663. The fourth-order valence-electron chi connectivity index (χ4n) is 3.34. The van der Waals surface area contributed by atoms with Crippen molar-refractivity contribution in [3.63, 3.8) is 0 Å². The molecule has 2 rings (SSSR count). The van der Waals surface area contributed by atoms with Crippen molar-refractivity contribution in [1.82, 2.24) is 10.6 Å². The molecule has 2 amide bonds. The predicted octanol–water partition coefficient (Wildman–Crippen LogP) is 2.18. The number of nitrogens with one attached hydrogen (secondary N) is 2. The summed E-state index contributed by atoms with van der Waals surface area (Å²) < 4.78 is 0. The van der Waals surface area contributed by atoms with Crippen molar-refractivity contribution in [2.75, 3.05) is 6.54 Å². The van der Waals surface area contributed by atoms with Gasteiger partial charge in [-0.25, -0.2) is 0 Å². The van der Waals surface area contributed by atoms with Gasteiger partial charge in [-0.15, -0.1) is 0 Å². The standard InChI is InChI=1S/C20H30N2O3/c1-15(18(23)12-16-8-4-2-5-9-16)22-20(25)14-21-19(24)13-17-10-6-3-7-11-17/h2,4-5,8-9,15,17-18,23H,3,6-7,10-14H2,1H3,(H,21,24)(H,22,25). The van der Waals surface area contributed by atoms with Gasteiger partial charge in [0.05, 0.1) is 18.7 Å². The van der Waals surface area contributed by atoms with E-state index in [2.05, 4.69) is 10.6 Å². The van der Waals surface area contributed by atoms with E-state index in [9.17, 15) is 14.7 Å². The van der Waals surface area contributed by atoms with Crippen molar-refractivity contribution in [2.45, 2.75) is 64.0 Å². The monoisotopic (exact) mass is 346 g/mol. The molecule has 1 fully saturated rings. The molecule has 1 aliphatic carbocycles. The zero-order valence-electron chi connectivity index (χ0n) is 15.0. The Bertz CT molecular complexity index is 541. The molecule has 1 aromatic carbocycles. The van der Waals surface area contributed by atoms with Crippen molar-refractivity contribution in [1.29, 1.82) is 0 Å². The number of rotatable bonds is 8. The van der Waals surface area contributed by atoms with Crippen LogP contribution in [0.1, 0.15) is 51.0 Å². The molecule has 5 nitrogen and oxygen atoms in total. The summed E-state index contributed by atoms with van der Waals surface area (Å²) in [5.74, 6) is 0.138. The molecule has 1 aromatic rings. The van der Waals surface area contributed by atoms with Gasteiger partial charge < -0.3 is 15.7 Å². The molecular weight excluding hydrogens is 316 g/mol. The second-order valence-corrected chi connectivity index (χ2v) is 7.10. The summed E-state index contributed by atoms with van der Waals surface area (Å²) in [6.07, 6.45) is 6.23. The topological polar surface area (TPSA) is 78.4 Å². The highest BCUT2D eigenvalue weighted by Gasteiger charge is 2.19. The van der Waals surface area contributed by atoms with Crippen molar-refractivity contribution in [3.8, 4) is 0 Å². The zero-order valence-corrected chi connectivity index (χ0v) is 15.0. The Morgan fingerprint density at radius 1 is 1.12 bits per heavy atom. The van der Waals surface area contributed by atoms with Crippen LogP contribution in [-0.4, -0.2) is 35.6 Å². The molecule has 25 heavy (non-hydrogen) atoms. The summed E-state index contributed by atoms with van der Waals surface area (Å²) in [5, 5.41) is 15.7. The second kappa shape index (κ2) is 10.2. The summed E-state index contributed by atoms with van der Waals surface area (Å²) in [7, 11) is 0. The molecule has 0 spiro atoms. The SMILES string of the molecule is CC(NC(=O)CNC(=O)CC1CCCCC1)C(O)Cc1ccccc1. The Morgan fingerprint density at radius 3 is 2.48 bits per heavy atom. The van der Waals surface area contributed by atoms with Gasteiger partial charge in [-0.05, 0) is 31.2 Å². The molecule has 5 heteroatoms. The number of hydrogen-bond donors (Lipinski definition) is 3. The van der Waals surface area contributed by atoms with Crippen LogP contribution in [0.25, 0.3) is 0 Å². The van der Waals surface area contributed by atoms with Crippen LogP contribution in [-0.2, 0) is 16.0 Å². The van der Waals surface area contributed by atoms with Gasteiger partial charge in [-0.3, -0.25) is 9.59 Å². The molecule has 0 radical (unpaired) electrons. The van der Waals surface area contributed by atoms with E-state index < -0.39 is 6.10 Å². The predicted molar refractivity (Wildman–Crippen MR) is 98.0 cm³/mol. The van der Waals surface area contributed by atoms with Gasteiger partial charge in [-0.2, -0.15) is 0 Å². The first kappa shape index (κ1) is 19.4. The maximum atomic E-state index is 12.0. The highest BCUT2D eigenvalue weighted by atomic mass is 16.3. The first-order valence-corrected chi connectivity index (χ1v) is 9.32. The number of benzene rings is 1. The highest BCUT2D eigenvalue weighted by Crippen LogP contribution is 2.25. The molecule has 0 heterocycles. The lowest BCUT2D eigenvalue weighted by molar-refractivity contribution is -0.127. The van der Waals surface area contributed by atoms with Crippen LogP contribution in [0.4, 0.5) is 0 Å². The summed E-state index contributed by atoms with van der Waals surface area (Å²) >= 11 is 0. The second-order valence-electron chi connectivity index (χ2n) is 7.10. The van der Waals surface area contributed by atoms with E-state index in [-0.39, 0.29) is 24.4 Å². The molecule has 2 atom stereocenters. The fourth-order valence-corrected chi connectivity index (χ4v) is 3.34. The van der Waals surface area contributed by atoms with E-state index in [1.165, 1.54) is 19.3 Å². The summed E-state index contributed by atoms with van der Waals surface area (Å²) in [6, 6.07) is 9.30. The zero-order chi connectivity index (χ0) is 18.1. The van der Waals surface area contributed by atoms with Gasteiger partial charge in [0.15, 0.2) is 0 Å². The number of carbonyl (C=O) groups is 2. The van der Waals surface area contributed by atoms with E-state index in [0.717, 1.165) is 18.4 Å². The van der Waals surface area contributed by atoms with Crippen molar-refractivity contribution in [2.24, 2.45) is 5.92 Å². The molecule has 1 saturated carbocycles. The van der Waals surface area contributed by atoms with Gasteiger partial charge in [0, 0.05) is 12.8 Å². The van der Waals surface area contributed by atoms with Crippen LogP contribution >= 0.6 is 0 Å². The number of hydrogen-bond acceptors (Lipinski definition) is 3. The maximum Gasteiger partial charge on any atom is 0.239 e. The first-order chi connectivity index (χ1) is 12.0. The van der Waals surface area contributed by atoms with Crippen LogP contribution in [0, 0.1) is 5.92 Å². The van der Waals surface area contributed by atoms with Crippen LogP contribution in [0.3, 0.4) is 0 Å². The summed E-state index contributed by atoms with van der Waals surface area (Å²) in [6.45, 7) is 1.74. The minimum Gasteiger partial charge on any atom is -0.391 e. The Hall–Kier alpha value is -1.88. The molecule has 0 aliphatic heterocycles. The molecule has 0 bridgehead atoms. The lowest BCUT2D eigenvalue weighted by Gasteiger charge is -2.22. The van der Waals surface area contributed by atoms with E-state index in [4.69, 9.17) is 0 Å². The number of carbonyl (C=O) groups excluding carboxylic acids is 2. The smallest absolute Gasteiger partial charge is 0.239 e. The normalized spacial score (nSPS) is 17.5. The number of amides is 2. The molecular formula is C20H30N2O3. The average molecular weight is 346 g/mol. The Labute approximate surface area is 150 Å². The highest BCUT2D eigenvalue weighted by molar-refractivity contribution is 5.84. The quantitative estimate of drug-likeness (QED) is 0.675. The van der Waals surface area contributed by atoms with E-state index >= 15 is 0 Å². The third kappa shape index (κ3) is 7.26. The van der Waals surface area contributed by atoms with Gasteiger partial charge >= 0.3 is 0 Å². The van der Waals surface area contributed by atoms with Gasteiger partial charge in [-0.1, -0.05) is 49.6 Å². The van der Waals surface area contributed by atoms with Crippen molar-refractivity contribution < 1.29 is 14.7 Å². The number of aliphatic hydroxyl groups is 1. The van der Waals surface area contributed by atoms with E-state index in [1.54, 1.807) is 6.92 Å². The Balaban J connectivity index is 1.65. The van der Waals surface area contributed by atoms with E-state index in [0.29, 0.717) is 18.8 Å². The van der Waals surface area contributed by atoms with Gasteiger partial charge in [0.1, 0.15) is 0 Å². The lowest BCUT2D eigenvalue weighted by atomic mass is 9.87. The number of aliphatic hydroxyl groups excluding tert-OH is 1. The van der Waals surface area contributed by atoms with Crippen molar-refractivity contribution in [3.05, 3.63) is 35.9 Å². The van der Waals surface area contributed by atoms with Crippen LogP contribution < -0.4 is 10.6 Å². The first-order valence-electron chi connectivity index (χ1n) is 9.32. The van der Waals surface area contributed by atoms with Gasteiger partial charge in [0.25, 0.3) is 0 Å². The summed E-state index contributed by atoms with van der Waals surface area (Å²) in [5.41, 5.74) is 1.02. The maximum absolute atomic E-state index is 12.0. The largest absolute Gasteiger partial charge is 0.391 e. The third-order valence-corrected chi connectivity index (χ3v) is 4.90. The molecule has 3 N–H and O–H groups in total. The molecule has 138 valence electrons. The lowest BCUT2D eigenvalue weighted by Crippen LogP contribution is -2.46. The Morgan fingerprint density at radius 2 is 1.80 bits per heavy atom. The third-order valence-electron chi connectivity index (χ3n) is 4.90. The van der Waals surface area contributed by atoms with E-state index in [1.807, 2.05) is 30.3 Å². The van der Waals surface area contributed by atoms with Crippen molar-refractivity contribution >= 4 is 11.8 Å². The van der Waals surface area contributed by atoms with Crippen LogP contribution in [0.5, 0.6) is 0 Å². The molecule has 1 aliphatic rings. The molecule has 2 unspecified atom stereocenters. The minimum absolute atomic E-state index is 0.0338. The average Bonchev–Trinajstić information content (AvgIpc) is 2.61. The van der Waals surface area contributed by atoms with Gasteiger partial charge in [0.2, 0.25) is 11.8 Å². The molecule has 0 aromatic heterocycles. The molecule has 0 saturated heterocycles. The Kier molecular flexibility index (Phi) is 7.92. The van der Waals surface area contributed by atoms with Crippen LogP contribution in [0.2, 0.25) is 0 Å². The van der Waals surface area contributed by atoms with Crippen LogP contribution in [0.15, 0.2) is 30.3 Å². The summed E-state index contributed by atoms with van der Waals surface area (Å²) in [4.78, 5) is 23.9. The fraction of sp³-hybridized carbons (Fsp3) is 0.600.